The molecule has 0 bridgehead atoms. The number of phenols is 1. The summed E-state index contributed by atoms with van der Waals surface area (Å²) in [7, 11) is 0. The van der Waals surface area contributed by atoms with Gasteiger partial charge in [0, 0.05) is 38.2 Å². The second kappa shape index (κ2) is 10.1. The number of nitrogens with zero attached hydrogens (tertiary/aromatic N) is 2. The average Bonchev–Trinajstić information content (AvgIpc) is 2.64. The summed E-state index contributed by atoms with van der Waals surface area (Å²) in [5.41, 5.74) is 2.40. The first kappa shape index (κ1) is 21.8. The van der Waals surface area contributed by atoms with Crippen LogP contribution in [0.4, 0.5) is 11.4 Å². The minimum atomic E-state index is -0.734. The van der Waals surface area contributed by atoms with Crippen molar-refractivity contribution >= 4 is 67.9 Å². The summed E-state index contributed by atoms with van der Waals surface area (Å²) in [5, 5.41) is 27.1. The molecule has 0 saturated heterocycles. The van der Waals surface area contributed by atoms with Gasteiger partial charge in [-0.1, -0.05) is 15.9 Å². The summed E-state index contributed by atoms with van der Waals surface area (Å²) in [6, 6.07) is 9.77. The van der Waals surface area contributed by atoms with Crippen molar-refractivity contribution in [2.24, 2.45) is 5.10 Å². The quantitative estimate of drug-likeness (QED) is 0.206. The molecule has 0 unspecified atom stereocenters. The molecule has 0 aromatic heterocycles. The van der Waals surface area contributed by atoms with Crippen molar-refractivity contribution < 1.29 is 19.6 Å². The van der Waals surface area contributed by atoms with Gasteiger partial charge in [-0.2, -0.15) is 5.10 Å². The Morgan fingerprint density at radius 1 is 1.21 bits per heavy atom. The molecule has 0 radical (unpaired) electrons. The van der Waals surface area contributed by atoms with E-state index >= 15 is 0 Å². The average molecular weight is 561 g/mol. The molecule has 0 aliphatic rings. The molecule has 0 heterocycles. The first-order valence-corrected chi connectivity index (χ1v) is 9.67. The Kier molecular flexibility index (Phi) is 7.87. The van der Waals surface area contributed by atoms with Crippen LogP contribution in [0.5, 0.6) is 5.75 Å². The van der Waals surface area contributed by atoms with Crippen molar-refractivity contribution in [3.8, 4) is 5.75 Å². The van der Waals surface area contributed by atoms with Crippen molar-refractivity contribution in [1.82, 2.24) is 5.43 Å². The highest BCUT2D eigenvalue weighted by molar-refractivity contribution is 14.1. The maximum Gasteiger partial charge on any atom is 0.312 e. The second-order valence-electron chi connectivity index (χ2n) is 5.47. The summed E-state index contributed by atoms with van der Waals surface area (Å²) < 4.78 is 1.41. The topological polar surface area (TPSA) is 134 Å². The molecule has 11 heteroatoms. The number of hydrogen-bond donors (Lipinski definition) is 3. The molecule has 0 saturated carbocycles. The van der Waals surface area contributed by atoms with Crippen molar-refractivity contribution in [1.29, 1.82) is 0 Å². The molecule has 2 aromatic carbocycles. The van der Waals surface area contributed by atoms with E-state index in [-0.39, 0.29) is 24.3 Å². The van der Waals surface area contributed by atoms with Gasteiger partial charge in [0.05, 0.1) is 11.1 Å². The number of carbonyl (C=O) groups is 2. The fourth-order valence-corrected chi connectivity index (χ4v) is 2.88. The summed E-state index contributed by atoms with van der Waals surface area (Å²) >= 11 is 5.25. The highest BCUT2D eigenvalue weighted by Gasteiger charge is 2.17. The number of rotatable bonds is 7. The zero-order chi connectivity index (χ0) is 20.7. The molecular weight excluding hydrogens is 547 g/mol. The molecule has 0 aliphatic carbocycles. The van der Waals surface area contributed by atoms with Crippen molar-refractivity contribution in [3.05, 3.63) is 60.1 Å². The lowest BCUT2D eigenvalue weighted by Crippen LogP contribution is -2.20. The van der Waals surface area contributed by atoms with E-state index in [1.807, 2.05) is 12.1 Å². The van der Waals surface area contributed by atoms with Gasteiger partial charge in [0.2, 0.25) is 17.6 Å². The number of phenolic OH excluding ortho intramolecular Hbond substituents is 1. The Balaban J connectivity index is 1.86. The first-order valence-electron chi connectivity index (χ1n) is 7.80. The van der Waals surface area contributed by atoms with Crippen LogP contribution in [0.2, 0.25) is 0 Å². The third-order valence-electron chi connectivity index (χ3n) is 3.38. The molecule has 146 valence electrons. The van der Waals surface area contributed by atoms with E-state index in [1.165, 1.54) is 6.07 Å². The lowest BCUT2D eigenvalue weighted by molar-refractivity contribution is -0.385. The Morgan fingerprint density at radius 3 is 2.50 bits per heavy atom. The maximum atomic E-state index is 11.8. The molecule has 9 nitrogen and oxygen atoms in total. The van der Waals surface area contributed by atoms with Crippen LogP contribution in [0.3, 0.4) is 0 Å². The van der Waals surface area contributed by atoms with Gasteiger partial charge in [0.25, 0.3) is 0 Å². The van der Waals surface area contributed by atoms with Crippen molar-refractivity contribution in [2.75, 3.05) is 5.32 Å². The van der Waals surface area contributed by atoms with E-state index in [0.29, 0.717) is 10.2 Å². The molecule has 0 spiro atoms. The number of nitro benzene ring substituents is 1. The van der Waals surface area contributed by atoms with Crippen molar-refractivity contribution in [3.63, 3.8) is 0 Å². The highest BCUT2D eigenvalue weighted by atomic mass is 127. The van der Waals surface area contributed by atoms with Crippen LogP contribution in [-0.4, -0.2) is 28.1 Å². The summed E-state index contributed by atoms with van der Waals surface area (Å²) in [5.74, 6) is -1.40. The molecule has 0 fully saturated rings. The number of carbonyl (C=O) groups excluding carboxylic acids is 2. The van der Waals surface area contributed by atoms with E-state index in [2.05, 4.69) is 54.4 Å². The van der Waals surface area contributed by atoms with E-state index < -0.39 is 22.3 Å². The largest absolute Gasteiger partial charge is 0.502 e. The standard InChI is InChI=1S/C17H14BrIN4O5/c18-11-7-10(17(26)14(8-11)23(27)28)9-20-22-16(25)6-5-15(24)21-13-3-1-12(19)2-4-13/h1-4,7-9,26H,5-6H2,(H,21,24)(H,22,25)/b20-9+. The van der Waals surface area contributed by atoms with Gasteiger partial charge < -0.3 is 10.4 Å². The zero-order valence-electron chi connectivity index (χ0n) is 14.2. The number of nitro groups is 1. The van der Waals surface area contributed by atoms with Crippen LogP contribution >= 0.6 is 38.5 Å². The Morgan fingerprint density at radius 2 is 1.86 bits per heavy atom. The summed E-state index contributed by atoms with van der Waals surface area (Å²) in [6.07, 6.45) is 0.940. The Hall–Kier alpha value is -2.54. The van der Waals surface area contributed by atoms with E-state index in [0.717, 1.165) is 15.9 Å². The molecule has 2 aromatic rings. The number of anilines is 1. The number of hydrogen-bond acceptors (Lipinski definition) is 6. The second-order valence-corrected chi connectivity index (χ2v) is 7.63. The lowest BCUT2D eigenvalue weighted by atomic mass is 10.2. The Labute approximate surface area is 181 Å². The van der Waals surface area contributed by atoms with Crippen LogP contribution in [0.25, 0.3) is 0 Å². The van der Waals surface area contributed by atoms with E-state index in [9.17, 15) is 24.8 Å². The fourth-order valence-electron chi connectivity index (χ4n) is 2.06. The fraction of sp³-hybridized carbons (Fsp3) is 0.118. The van der Waals surface area contributed by atoms with Gasteiger partial charge >= 0.3 is 5.69 Å². The SMILES string of the molecule is O=C(CCC(=O)Nc1ccc(I)cc1)N/N=C/c1cc(Br)cc([N+](=O)[O-])c1O. The number of hydrazone groups is 1. The maximum absolute atomic E-state index is 11.8. The van der Waals surface area contributed by atoms with Crippen molar-refractivity contribution in [2.45, 2.75) is 12.8 Å². The van der Waals surface area contributed by atoms with Crippen LogP contribution < -0.4 is 10.7 Å². The van der Waals surface area contributed by atoms with E-state index in [4.69, 9.17) is 0 Å². The molecular formula is C17H14BrIN4O5. The first-order chi connectivity index (χ1) is 13.3. The lowest BCUT2D eigenvalue weighted by Gasteiger charge is -2.05. The normalized spacial score (nSPS) is 10.6. The summed E-state index contributed by atoms with van der Waals surface area (Å²) in [4.78, 5) is 33.8. The molecule has 0 atom stereocenters. The number of halogens is 2. The number of nitrogens with one attached hydrogen (secondary N) is 2. The highest BCUT2D eigenvalue weighted by Crippen LogP contribution is 2.32. The monoisotopic (exact) mass is 560 g/mol. The molecule has 3 N–H and O–H groups in total. The van der Waals surface area contributed by atoms with Crippen LogP contribution in [0, 0.1) is 13.7 Å². The van der Waals surface area contributed by atoms with Gasteiger partial charge in [0.15, 0.2) is 0 Å². The summed E-state index contributed by atoms with van der Waals surface area (Å²) in [6.45, 7) is 0. The number of amides is 2. The van der Waals surface area contributed by atoms with Crippen LogP contribution in [-0.2, 0) is 9.59 Å². The molecule has 2 amide bonds. The predicted octanol–water partition coefficient (Wildman–Crippen LogP) is 3.54. The number of benzene rings is 2. The predicted molar refractivity (Wildman–Crippen MR) is 115 cm³/mol. The van der Waals surface area contributed by atoms with Gasteiger partial charge in [-0.25, -0.2) is 5.43 Å². The van der Waals surface area contributed by atoms with Crippen LogP contribution in [0.15, 0.2) is 46.0 Å². The molecule has 2 rings (SSSR count). The van der Waals surface area contributed by atoms with Crippen LogP contribution in [0.1, 0.15) is 18.4 Å². The number of aromatic hydroxyl groups is 1. The third-order valence-corrected chi connectivity index (χ3v) is 4.56. The Bertz CT molecular complexity index is 934. The smallest absolute Gasteiger partial charge is 0.312 e. The van der Waals surface area contributed by atoms with Gasteiger partial charge in [-0.05, 0) is 52.9 Å². The van der Waals surface area contributed by atoms with E-state index in [1.54, 1.807) is 12.1 Å². The zero-order valence-corrected chi connectivity index (χ0v) is 17.9. The minimum Gasteiger partial charge on any atom is -0.502 e. The minimum absolute atomic E-state index is 0.0407. The third kappa shape index (κ3) is 6.56. The van der Waals surface area contributed by atoms with Gasteiger partial charge in [-0.15, -0.1) is 0 Å². The van der Waals surface area contributed by atoms with Gasteiger partial charge in [-0.3, -0.25) is 19.7 Å². The molecule has 0 aliphatic heterocycles. The molecule has 28 heavy (non-hydrogen) atoms. The van der Waals surface area contributed by atoms with Gasteiger partial charge in [0.1, 0.15) is 0 Å².